The molecule has 1 N–H and O–H groups in total. The Balaban J connectivity index is 1.47. The van der Waals surface area contributed by atoms with Gasteiger partial charge in [0.25, 0.3) is 5.91 Å². The number of nitrogens with one attached hydrogen (secondary N) is 1. The number of benzene rings is 1. The van der Waals surface area contributed by atoms with Gasteiger partial charge in [-0.05, 0) is 55.4 Å². The van der Waals surface area contributed by atoms with Gasteiger partial charge in [-0.2, -0.15) is 5.10 Å². The molecule has 1 amide bonds. The fourth-order valence-electron chi connectivity index (χ4n) is 3.65. The van der Waals surface area contributed by atoms with Gasteiger partial charge >= 0.3 is 0 Å². The van der Waals surface area contributed by atoms with E-state index in [0.29, 0.717) is 5.92 Å². The Morgan fingerprint density at radius 1 is 1.12 bits per heavy atom. The summed E-state index contributed by atoms with van der Waals surface area (Å²) in [6.07, 6.45) is 7.89. The van der Waals surface area contributed by atoms with E-state index < -0.39 is 0 Å². The van der Waals surface area contributed by atoms with Crippen LogP contribution in [0.3, 0.4) is 0 Å². The van der Waals surface area contributed by atoms with E-state index in [-0.39, 0.29) is 12.0 Å². The molecule has 1 aliphatic carbocycles. The quantitative estimate of drug-likeness (QED) is 0.876. The highest BCUT2D eigenvalue weighted by atomic mass is 16.5. The molecule has 5 nitrogen and oxygen atoms in total. The van der Waals surface area contributed by atoms with Gasteiger partial charge < -0.3 is 9.64 Å². The van der Waals surface area contributed by atoms with Crippen molar-refractivity contribution >= 4 is 5.91 Å². The van der Waals surface area contributed by atoms with Gasteiger partial charge in [0.05, 0.1) is 11.8 Å². The monoisotopic (exact) mass is 339 g/mol. The summed E-state index contributed by atoms with van der Waals surface area (Å²) in [7, 11) is 0. The lowest BCUT2D eigenvalue weighted by atomic mass is 9.85. The lowest BCUT2D eigenvalue weighted by molar-refractivity contribution is 0.0448. The molecule has 5 heteroatoms. The first-order valence-electron chi connectivity index (χ1n) is 9.30. The summed E-state index contributed by atoms with van der Waals surface area (Å²) in [5.74, 6) is 0.785. The molecule has 1 aliphatic heterocycles. The summed E-state index contributed by atoms with van der Waals surface area (Å²) in [5.41, 5.74) is 2.75. The SMILES string of the molecule is O=C(c1ccc(-c2ccn[nH]2)cc1)N(CC1CCC1)C[C@H]1CCCO1. The molecule has 2 aliphatic rings. The second kappa shape index (κ2) is 7.40. The third-order valence-electron chi connectivity index (χ3n) is 5.38. The topological polar surface area (TPSA) is 58.2 Å². The number of rotatable bonds is 6. The highest BCUT2D eigenvalue weighted by Gasteiger charge is 2.28. The fraction of sp³-hybridized carbons (Fsp3) is 0.500. The Morgan fingerprint density at radius 2 is 1.96 bits per heavy atom. The lowest BCUT2D eigenvalue weighted by Crippen LogP contribution is -2.41. The van der Waals surface area contributed by atoms with E-state index in [1.807, 2.05) is 35.2 Å². The molecule has 2 fully saturated rings. The minimum Gasteiger partial charge on any atom is -0.376 e. The number of carbonyl (C=O) groups excluding carboxylic acids is 1. The van der Waals surface area contributed by atoms with Crippen LogP contribution in [0.5, 0.6) is 0 Å². The number of nitrogens with zero attached hydrogens (tertiary/aromatic N) is 2. The fourth-order valence-corrected chi connectivity index (χ4v) is 3.65. The summed E-state index contributed by atoms with van der Waals surface area (Å²) in [5, 5.41) is 6.93. The zero-order valence-corrected chi connectivity index (χ0v) is 14.5. The average molecular weight is 339 g/mol. The van der Waals surface area contributed by atoms with Crippen LogP contribution >= 0.6 is 0 Å². The molecule has 4 rings (SSSR count). The summed E-state index contributed by atoms with van der Waals surface area (Å²) in [4.78, 5) is 15.1. The summed E-state index contributed by atoms with van der Waals surface area (Å²) in [6, 6.07) is 9.73. The first-order valence-corrected chi connectivity index (χ1v) is 9.30. The molecule has 0 unspecified atom stereocenters. The van der Waals surface area contributed by atoms with Gasteiger partial charge in [-0.3, -0.25) is 9.89 Å². The van der Waals surface area contributed by atoms with Crippen molar-refractivity contribution in [3.8, 4) is 11.3 Å². The normalized spacial score (nSPS) is 20.4. The van der Waals surface area contributed by atoms with Crippen molar-refractivity contribution < 1.29 is 9.53 Å². The van der Waals surface area contributed by atoms with Crippen LogP contribution in [0.2, 0.25) is 0 Å². The molecule has 1 aromatic carbocycles. The number of aromatic amines is 1. The summed E-state index contributed by atoms with van der Waals surface area (Å²) < 4.78 is 5.77. The van der Waals surface area contributed by atoms with Crippen molar-refractivity contribution in [3.63, 3.8) is 0 Å². The largest absolute Gasteiger partial charge is 0.376 e. The molecule has 1 atom stereocenters. The molecule has 0 spiro atoms. The number of carbonyl (C=O) groups is 1. The number of H-pyrrole nitrogens is 1. The van der Waals surface area contributed by atoms with Crippen molar-refractivity contribution in [2.24, 2.45) is 5.92 Å². The molecule has 1 saturated carbocycles. The van der Waals surface area contributed by atoms with Crippen LogP contribution in [0.4, 0.5) is 0 Å². The third kappa shape index (κ3) is 3.76. The van der Waals surface area contributed by atoms with Crippen molar-refractivity contribution in [3.05, 3.63) is 42.1 Å². The van der Waals surface area contributed by atoms with E-state index in [4.69, 9.17) is 4.74 Å². The van der Waals surface area contributed by atoms with Gasteiger partial charge in [-0.15, -0.1) is 0 Å². The average Bonchev–Trinajstić information content (AvgIpc) is 3.30. The highest BCUT2D eigenvalue weighted by molar-refractivity contribution is 5.94. The van der Waals surface area contributed by atoms with E-state index in [0.717, 1.165) is 49.4 Å². The first-order chi connectivity index (χ1) is 12.3. The van der Waals surface area contributed by atoms with Gasteiger partial charge in [0.15, 0.2) is 0 Å². The van der Waals surface area contributed by atoms with Crippen LogP contribution < -0.4 is 0 Å². The van der Waals surface area contributed by atoms with Gasteiger partial charge in [-0.25, -0.2) is 0 Å². The zero-order valence-electron chi connectivity index (χ0n) is 14.5. The Bertz CT molecular complexity index is 686. The van der Waals surface area contributed by atoms with Gasteiger partial charge in [-0.1, -0.05) is 18.6 Å². The Hall–Kier alpha value is -2.14. The predicted octanol–water partition coefficient (Wildman–Crippen LogP) is 3.50. The molecule has 1 aromatic heterocycles. The van der Waals surface area contributed by atoms with Crippen LogP contribution in [0.25, 0.3) is 11.3 Å². The maximum absolute atomic E-state index is 13.1. The zero-order chi connectivity index (χ0) is 17.1. The Morgan fingerprint density at radius 3 is 2.56 bits per heavy atom. The number of aromatic nitrogens is 2. The second-order valence-corrected chi connectivity index (χ2v) is 7.19. The molecular weight excluding hydrogens is 314 g/mol. The van der Waals surface area contributed by atoms with Crippen LogP contribution in [-0.4, -0.2) is 46.8 Å². The van der Waals surface area contributed by atoms with Gasteiger partial charge in [0.1, 0.15) is 0 Å². The molecule has 2 aromatic rings. The summed E-state index contributed by atoms with van der Waals surface area (Å²) in [6.45, 7) is 2.41. The first kappa shape index (κ1) is 16.3. The van der Waals surface area contributed by atoms with Crippen LogP contribution in [0.15, 0.2) is 36.5 Å². The predicted molar refractivity (Wildman–Crippen MR) is 96.2 cm³/mol. The number of hydrogen-bond acceptors (Lipinski definition) is 3. The summed E-state index contributed by atoms with van der Waals surface area (Å²) >= 11 is 0. The number of amides is 1. The molecular formula is C20H25N3O2. The Labute approximate surface area is 148 Å². The maximum atomic E-state index is 13.1. The van der Waals surface area contributed by atoms with Gasteiger partial charge in [0, 0.05) is 31.5 Å². The third-order valence-corrected chi connectivity index (χ3v) is 5.38. The van der Waals surface area contributed by atoms with E-state index in [1.54, 1.807) is 6.20 Å². The number of ether oxygens (including phenoxy) is 1. The molecule has 25 heavy (non-hydrogen) atoms. The molecule has 0 bridgehead atoms. The van der Waals surface area contributed by atoms with Crippen LogP contribution in [0, 0.1) is 5.92 Å². The van der Waals surface area contributed by atoms with Crippen LogP contribution in [0.1, 0.15) is 42.5 Å². The molecule has 1 saturated heterocycles. The lowest BCUT2D eigenvalue weighted by Gasteiger charge is -2.33. The minimum absolute atomic E-state index is 0.124. The molecule has 2 heterocycles. The van der Waals surface area contributed by atoms with Crippen LogP contribution in [-0.2, 0) is 4.74 Å². The second-order valence-electron chi connectivity index (χ2n) is 7.19. The van der Waals surface area contributed by atoms with E-state index in [9.17, 15) is 4.79 Å². The van der Waals surface area contributed by atoms with Gasteiger partial charge in [0.2, 0.25) is 0 Å². The standard InChI is InChI=1S/C20H25N3O2/c24-20(17-8-6-16(7-9-17)19-10-11-21-22-19)23(13-15-3-1-4-15)14-18-5-2-12-25-18/h6-11,15,18H,1-5,12-14H2,(H,21,22)/t18-/m1/s1. The maximum Gasteiger partial charge on any atom is 0.253 e. The Kier molecular flexibility index (Phi) is 4.83. The number of hydrogen-bond donors (Lipinski definition) is 1. The smallest absolute Gasteiger partial charge is 0.253 e. The molecule has 0 radical (unpaired) electrons. The van der Waals surface area contributed by atoms with Crippen molar-refractivity contribution in [1.82, 2.24) is 15.1 Å². The van der Waals surface area contributed by atoms with E-state index >= 15 is 0 Å². The highest BCUT2D eigenvalue weighted by Crippen LogP contribution is 2.28. The van der Waals surface area contributed by atoms with Crippen molar-refractivity contribution in [1.29, 1.82) is 0 Å². The minimum atomic E-state index is 0.124. The molecule has 132 valence electrons. The van der Waals surface area contributed by atoms with Crippen molar-refractivity contribution in [2.45, 2.75) is 38.2 Å². The van der Waals surface area contributed by atoms with E-state index in [1.165, 1.54) is 19.3 Å². The van der Waals surface area contributed by atoms with Crippen molar-refractivity contribution in [2.75, 3.05) is 19.7 Å². The van der Waals surface area contributed by atoms with E-state index in [2.05, 4.69) is 10.2 Å².